The largest absolute Gasteiger partial charge is 0.329 e. The molecule has 0 atom stereocenters. The van der Waals surface area contributed by atoms with Crippen LogP contribution in [-0.4, -0.2) is 18.0 Å². The molecule has 0 spiro atoms. The van der Waals surface area contributed by atoms with Crippen LogP contribution in [0.25, 0.3) is 0 Å². The van der Waals surface area contributed by atoms with Gasteiger partial charge >= 0.3 is 6.03 Å². The van der Waals surface area contributed by atoms with Crippen LogP contribution < -0.4 is 5.32 Å². The lowest BCUT2D eigenvalue weighted by Crippen LogP contribution is -2.52. The molecule has 1 N–H and O–H groups in total. The molecule has 3 heteroatoms. The first-order valence-corrected chi connectivity index (χ1v) is 8.33. The van der Waals surface area contributed by atoms with Crippen molar-refractivity contribution < 1.29 is 4.79 Å². The van der Waals surface area contributed by atoms with Crippen LogP contribution in [0.5, 0.6) is 0 Å². The maximum atomic E-state index is 12.9. The molecule has 3 nitrogen and oxygen atoms in total. The molecule has 0 aliphatic rings. The van der Waals surface area contributed by atoms with Crippen molar-refractivity contribution in [3.05, 3.63) is 71.3 Å². The minimum atomic E-state index is -0.435. The lowest BCUT2D eigenvalue weighted by molar-refractivity contribution is 0.147. The molecule has 2 rings (SSSR count). The molecule has 0 aliphatic carbocycles. The average molecular weight is 324 g/mol. The van der Waals surface area contributed by atoms with Crippen molar-refractivity contribution in [3.63, 3.8) is 0 Å². The van der Waals surface area contributed by atoms with E-state index in [0.717, 1.165) is 11.1 Å². The van der Waals surface area contributed by atoms with E-state index in [0.29, 0.717) is 0 Å². The van der Waals surface area contributed by atoms with E-state index in [1.165, 1.54) is 5.56 Å². The van der Waals surface area contributed by atoms with Gasteiger partial charge in [0.15, 0.2) is 0 Å². The van der Waals surface area contributed by atoms with E-state index in [1.807, 2.05) is 57.3 Å². The van der Waals surface area contributed by atoms with Gasteiger partial charge in [-0.25, -0.2) is 4.79 Å². The number of amides is 2. The van der Waals surface area contributed by atoms with Gasteiger partial charge in [-0.3, -0.25) is 0 Å². The Morgan fingerprint density at radius 2 is 1.50 bits per heavy atom. The summed E-state index contributed by atoms with van der Waals surface area (Å²) in [5.41, 5.74) is 2.56. The van der Waals surface area contributed by atoms with Gasteiger partial charge in [0.1, 0.15) is 0 Å². The summed E-state index contributed by atoms with van der Waals surface area (Å²) in [5.74, 6) is 0. The van der Waals surface area contributed by atoms with E-state index >= 15 is 0 Å². The van der Waals surface area contributed by atoms with E-state index in [1.54, 1.807) is 4.90 Å². The number of nitrogens with one attached hydrogen (secondary N) is 1. The normalized spacial score (nSPS) is 11.9. The van der Waals surface area contributed by atoms with Gasteiger partial charge in [-0.15, -0.1) is 0 Å². The highest BCUT2D eigenvalue weighted by atomic mass is 16.2. The van der Waals surface area contributed by atoms with Crippen molar-refractivity contribution in [2.75, 3.05) is 7.05 Å². The average Bonchev–Trinajstić information content (AvgIpc) is 2.54. The molecular weight excluding hydrogens is 296 g/mol. The van der Waals surface area contributed by atoms with Crippen molar-refractivity contribution in [1.82, 2.24) is 10.2 Å². The van der Waals surface area contributed by atoms with Crippen LogP contribution in [0.2, 0.25) is 0 Å². The molecule has 24 heavy (non-hydrogen) atoms. The zero-order valence-electron chi connectivity index (χ0n) is 15.6. The monoisotopic (exact) mass is 324 g/mol. The van der Waals surface area contributed by atoms with Crippen LogP contribution in [0.1, 0.15) is 44.4 Å². The predicted octanol–water partition coefficient (Wildman–Crippen LogP) is 4.81. The van der Waals surface area contributed by atoms with Gasteiger partial charge in [0.05, 0.1) is 11.1 Å². The van der Waals surface area contributed by atoms with Gasteiger partial charge in [-0.1, -0.05) is 60.2 Å². The molecule has 0 saturated carbocycles. The third-order valence-corrected chi connectivity index (χ3v) is 4.78. The summed E-state index contributed by atoms with van der Waals surface area (Å²) < 4.78 is 0. The predicted molar refractivity (Wildman–Crippen MR) is 100.0 cm³/mol. The Bertz CT molecular complexity index is 705. The van der Waals surface area contributed by atoms with Crippen LogP contribution in [-0.2, 0) is 11.1 Å². The highest BCUT2D eigenvalue weighted by Crippen LogP contribution is 2.28. The SMILES string of the molecule is Cc1cccc(C(C)(C)N(C)C(=O)NC(C)(C)c2ccccc2)c1. The van der Waals surface area contributed by atoms with Crippen LogP contribution in [0.15, 0.2) is 54.6 Å². The minimum absolute atomic E-state index is 0.0876. The van der Waals surface area contributed by atoms with Crippen molar-refractivity contribution in [3.8, 4) is 0 Å². The molecule has 0 radical (unpaired) electrons. The van der Waals surface area contributed by atoms with Crippen molar-refractivity contribution in [2.45, 2.75) is 45.7 Å². The molecule has 0 saturated heterocycles. The Morgan fingerprint density at radius 3 is 2.08 bits per heavy atom. The highest BCUT2D eigenvalue weighted by molar-refractivity contribution is 5.76. The lowest BCUT2D eigenvalue weighted by atomic mass is 9.91. The van der Waals surface area contributed by atoms with Gasteiger partial charge < -0.3 is 10.2 Å². The molecule has 128 valence electrons. The van der Waals surface area contributed by atoms with Crippen LogP contribution in [0.4, 0.5) is 4.79 Å². The number of aryl methyl sites for hydroxylation is 1. The molecule has 0 unspecified atom stereocenters. The zero-order valence-corrected chi connectivity index (χ0v) is 15.6. The zero-order chi connectivity index (χ0) is 18.0. The minimum Gasteiger partial charge on any atom is -0.329 e. The number of carbonyl (C=O) groups is 1. The fourth-order valence-electron chi connectivity index (χ4n) is 2.75. The number of benzene rings is 2. The number of carbonyl (C=O) groups excluding carboxylic acids is 1. The van der Waals surface area contributed by atoms with E-state index in [9.17, 15) is 4.79 Å². The summed E-state index contributed by atoms with van der Waals surface area (Å²) in [5, 5.41) is 3.15. The van der Waals surface area contributed by atoms with Gasteiger partial charge in [-0.2, -0.15) is 0 Å². The Hall–Kier alpha value is -2.29. The molecule has 0 bridgehead atoms. The summed E-state index contributed by atoms with van der Waals surface area (Å²) in [6.45, 7) is 10.2. The molecule has 0 aromatic heterocycles. The number of hydrogen-bond donors (Lipinski definition) is 1. The van der Waals surface area contributed by atoms with E-state index in [4.69, 9.17) is 0 Å². The molecular formula is C21H28N2O. The molecule has 2 aromatic rings. The summed E-state index contributed by atoms with van der Waals surface area (Å²) in [4.78, 5) is 14.6. The second kappa shape index (κ2) is 6.68. The third-order valence-electron chi connectivity index (χ3n) is 4.78. The summed E-state index contributed by atoms with van der Waals surface area (Å²) in [6, 6.07) is 18.2. The maximum absolute atomic E-state index is 12.9. The van der Waals surface area contributed by atoms with E-state index in [2.05, 4.69) is 44.3 Å². The first-order valence-electron chi connectivity index (χ1n) is 8.33. The van der Waals surface area contributed by atoms with Gasteiger partial charge in [0.2, 0.25) is 0 Å². The Labute approximate surface area is 145 Å². The molecule has 2 amide bonds. The van der Waals surface area contributed by atoms with Crippen LogP contribution >= 0.6 is 0 Å². The fraction of sp³-hybridized carbons (Fsp3) is 0.381. The highest BCUT2D eigenvalue weighted by Gasteiger charge is 2.32. The molecule has 2 aromatic carbocycles. The number of hydrogen-bond acceptors (Lipinski definition) is 1. The molecule has 0 heterocycles. The smallest absolute Gasteiger partial charge is 0.318 e. The van der Waals surface area contributed by atoms with E-state index < -0.39 is 11.1 Å². The summed E-state index contributed by atoms with van der Waals surface area (Å²) in [7, 11) is 1.85. The van der Waals surface area contributed by atoms with Gasteiger partial charge in [0.25, 0.3) is 0 Å². The van der Waals surface area contributed by atoms with Crippen molar-refractivity contribution in [1.29, 1.82) is 0 Å². The Morgan fingerprint density at radius 1 is 0.917 bits per heavy atom. The topological polar surface area (TPSA) is 32.3 Å². The first-order chi connectivity index (χ1) is 11.1. The first kappa shape index (κ1) is 18.1. The number of urea groups is 1. The lowest BCUT2D eigenvalue weighted by Gasteiger charge is -2.39. The van der Waals surface area contributed by atoms with E-state index in [-0.39, 0.29) is 6.03 Å². The molecule has 0 fully saturated rings. The summed E-state index contributed by atoms with van der Waals surface area (Å²) >= 11 is 0. The Kier molecular flexibility index (Phi) is 5.02. The van der Waals surface area contributed by atoms with Crippen LogP contribution in [0.3, 0.4) is 0 Å². The van der Waals surface area contributed by atoms with Gasteiger partial charge in [-0.05, 0) is 45.7 Å². The second-order valence-electron chi connectivity index (χ2n) is 7.41. The molecule has 0 aliphatic heterocycles. The second-order valence-corrected chi connectivity index (χ2v) is 7.41. The van der Waals surface area contributed by atoms with Crippen molar-refractivity contribution in [2.24, 2.45) is 0 Å². The van der Waals surface area contributed by atoms with Crippen LogP contribution in [0, 0.1) is 6.92 Å². The quantitative estimate of drug-likeness (QED) is 0.860. The number of nitrogens with zero attached hydrogens (tertiary/aromatic N) is 1. The maximum Gasteiger partial charge on any atom is 0.318 e. The number of rotatable bonds is 4. The summed E-state index contributed by atoms with van der Waals surface area (Å²) in [6.07, 6.45) is 0. The van der Waals surface area contributed by atoms with Crippen molar-refractivity contribution >= 4 is 6.03 Å². The third kappa shape index (κ3) is 3.78. The van der Waals surface area contributed by atoms with Gasteiger partial charge in [0, 0.05) is 7.05 Å². The Balaban J connectivity index is 2.20. The standard InChI is InChI=1S/C21H28N2O/c1-16-11-10-14-18(15-16)21(4,5)23(6)19(24)22-20(2,3)17-12-8-7-9-13-17/h7-15H,1-6H3,(H,22,24). The fourth-order valence-corrected chi connectivity index (χ4v) is 2.75.